The molecule has 0 unspecified atom stereocenters. The summed E-state index contributed by atoms with van der Waals surface area (Å²) in [6.45, 7) is 4.10. The maximum atomic E-state index is 11.8. The average molecular weight is 313 g/mol. The molecule has 1 aliphatic rings. The Morgan fingerprint density at radius 1 is 1.25 bits per heavy atom. The fourth-order valence-corrected chi connectivity index (χ4v) is 3.46. The van der Waals surface area contributed by atoms with Gasteiger partial charge >= 0.3 is 0 Å². The fourth-order valence-electron chi connectivity index (χ4n) is 2.11. The first-order valence-electron chi connectivity index (χ1n) is 6.68. The van der Waals surface area contributed by atoms with Crippen LogP contribution < -0.4 is 10.0 Å². The highest BCUT2D eigenvalue weighted by molar-refractivity contribution is 7.89. The highest BCUT2D eigenvalue weighted by Crippen LogP contribution is 2.16. The second-order valence-corrected chi connectivity index (χ2v) is 6.80. The molecule has 0 amide bonds. The zero-order valence-electron chi connectivity index (χ0n) is 11.4. The van der Waals surface area contributed by atoms with Crippen molar-refractivity contribution in [1.29, 1.82) is 0 Å². The summed E-state index contributed by atoms with van der Waals surface area (Å²) in [6, 6.07) is 6.61. The number of sulfonamides is 1. The highest BCUT2D eigenvalue weighted by atomic mass is 32.2. The molecular formula is C13H19N3O2S2. The number of hydrogen-bond donors (Lipinski definition) is 2. The zero-order chi connectivity index (χ0) is 14.6. The van der Waals surface area contributed by atoms with Crippen LogP contribution in [0.25, 0.3) is 0 Å². The van der Waals surface area contributed by atoms with E-state index in [9.17, 15) is 8.42 Å². The van der Waals surface area contributed by atoms with Crippen LogP contribution in [0, 0.1) is 0 Å². The first-order chi connectivity index (χ1) is 9.53. The second-order valence-electron chi connectivity index (χ2n) is 4.65. The molecule has 0 aliphatic carbocycles. The lowest BCUT2D eigenvalue weighted by Gasteiger charge is -2.19. The number of thiocarbonyl (C=S) groups is 1. The van der Waals surface area contributed by atoms with E-state index in [1.165, 1.54) is 12.8 Å². The van der Waals surface area contributed by atoms with Crippen molar-refractivity contribution in [2.45, 2.75) is 24.7 Å². The third-order valence-electron chi connectivity index (χ3n) is 3.14. The van der Waals surface area contributed by atoms with Gasteiger partial charge in [0, 0.05) is 25.3 Å². The van der Waals surface area contributed by atoms with E-state index in [0.717, 1.165) is 18.8 Å². The van der Waals surface area contributed by atoms with E-state index >= 15 is 0 Å². The SMILES string of the molecule is CCNS(=O)(=O)c1ccc(NC(=S)N2CCCC2)cc1. The van der Waals surface area contributed by atoms with Gasteiger partial charge in [0.15, 0.2) is 5.11 Å². The van der Waals surface area contributed by atoms with Crippen LogP contribution in [0.2, 0.25) is 0 Å². The van der Waals surface area contributed by atoms with Crippen molar-refractivity contribution < 1.29 is 8.42 Å². The number of likely N-dealkylation sites (tertiary alicyclic amines) is 1. The second kappa shape index (κ2) is 6.51. The Bertz CT molecular complexity index is 564. The number of nitrogens with zero attached hydrogens (tertiary/aromatic N) is 1. The van der Waals surface area contributed by atoms with E-state index in [-0.39, 0.29) is 4.90 Å². The quantitative estimate of drug-likeness (QED) is 0.830. The predicted molar refractivity (Wildman–Crippen MR) is 84.3 cm³/mol. The minimum Gasteiger partial charge on any atom is -0.349 e. The third-order valence-corrected chi connectivity index (χ3v) is 5.07. The maximum absolute atomic E-state index is 11.8. The van der Waals surface area contributed by atoms with Gasteiger partial charge in [0.05, 0.1) is 4.90 Å². The van der Waals surface area contributed by atoms with E-state index in [0.29, 0.717) is 11.7 Å². The van der Waals surface area contributed by atoms with Crippen LogP contribution >= 0.6 is 12.2 Å². The minimum atomic E-state index is -3.39. The van der Waals surface area contributed by atoms with Crippen molar-refractivity contribution in [2.24, 2.45) is 0 Å². The van der Waals surface area contributed by atoms with E-state index in [4.69, 9.17) is 12.2 Å². The van der Waals surface area contributed by atoms with Gasteiger partial charge in [-0.15, -0.1) is 0 Å². The van der Waals surface area contributed by atoms with Crippen LogP contribution in [0.3, 0.4) is 0 Å². The number of rotatable bonds is 4. The Balaban J connectivity index is 2.03. The summed E-state index contributed by atoms with van der Waals surface area (Å²) >= 11 is 5.33. The van der Waals surface area contributed by atoms with Gasteiger partial charge in [-0.3, -0.25) is 0 Å². The van der Waals surface area contributed by atoms with Crippen molar-refractivity contribution in [3.63, 3.8) is 0 Å². The normalized spacial score (nSPS) is 15.3. The van der Waals surface area contributed by atoms with E-state index in [2.05, 4.69) is 14.9 Å². The topological polar surface area (TPSA) is 61.4 Å². The van der Waals surface area contributed by atoms with Crippen LogP contribution in [-0.4, -0.2) is 38.1 Å². The summed E-state index contributed by atoms with van der Waals surface area (Å²) in [7, 11) is -3.39. The summed E-state index contributed by atoms with van der Waals surface area (Å²) in [5.41, 5.74) is 0.803. The third kappa shape index (κ3) is 3.68. The lowest BCUT2D eigenvalue weighted by Crippen LogP contribution is -2.31. The standard InChI is InChI=1S/C13H19N3O2S2/c1-2-14-20(17,18)12-7-5-11(6-8-12)15-13(19)16-9-3-4-10-16/h5-8,14H,2-4,9-10H2,1H3,(H,15,19). The Kier molecular flexibility index (Phi) is 4.95. The van der Waals surface area contributed by atoms with Crippen molar-refractivity contribution in [1.82, 2.24) is 9.62 Å². The van der Waals surface area contributed by atoms with Gasteiger partial charge in [-0.25, -0.2) is 13.1 Å². The van der Waals surface area contributed by atoms with E-state index < -0.39 is 10.0 Å². The minimum absolute atomic E-state index is 0.261. The molecule has 0 saturated carbocycles. The first-order valence-corrected chi connectivity index (χ1v) is 8.58. The molecule has 1 saturated heterocycles. The molecule has 0 radical (unpaired) electrons. The number of hydrogen-bond acceptors (Lipinski definition) is 3. The smallest absolute Gasteiger partial charge is 0.240 e. The van der Waals surface area contributed by atoms with Gasteiger partial charge in [0.2, 0.25) is 10.0 Å². The molecule has 1 fully saturated rings. The molecule has 1 aromatic carbocycles. The molecule has 7 heteroatoms. The number of anilines is 1. The molecule has 0 aromatic heterocycles. The molecule has 2 N–H and O–H groups in total. The van der Waals surface area contributed by atoms with Crippen LogP contribution in [0.4, 0.5) is 5.69 Å². The van der Waals surface area contributed by atoms with Gasteiger partial charge in [0.25, 0.3) is 0 Å². The maximum Gasteiger partial charge on any atom is 0.240 e. The molecule has 20 heavy (non-hydrogen) atoms. The highest BCUT2D eigenvalue weighted by Gasteiger charge is 2.15. The van der Waals surface area contributed by atoms with Crippen molar-refractivity contribution in [3.8, 4) is 0 Å². The summed E-state index contributed by atoms with van der Waals surface area (Å²) in [6.07, 6.45) is 2.34. The monoisotopic (exact) mass is 313 g/mol. The van der Waals surface area contributed by atoms with E-state index in [1.807, 2.05) is 0 Å². The summed E-state index contributed by atoms with van der Waals surface area (Å²) in [5.74, 6) is 0. The molecule has 1 aliphatic heterocycles. The molecule has 1 heterocycles. The molecule has 0 atom stereocenters. The molecule has 110 valence electrons. The molecule has 1 aromatic rings. The van der Waals surface area contributed by atoms with Gasteiger partial charge in [-0.2, -0.15) is 0 Å². The van der Waals surface area contributed by atoms with Crippen LogP contribution in [-0.2, 0) is 10.0 Å². The van der Waals surface area contributed by atoms with Gasteiger partial charge in [-0.05, 0) is 49.3 Å². The van der Waals surface area contributed by atoms with Gasteiger partial charge < -0.3 is 10.2 Å². The van der Waals surface area contributed by atoms with Gasteiger partial charge in [0.1, 0.15) is 0 Å². The summed E-state index contributed by atoms with van der Waals surface area (Å²) < 4.78 is 26.1. The number of nitrogens with one attached hydrogen (secondary N) is 2. The van der Waals surface area contributed by atoms with Crippen LogP contribution in [0.5, 0.6) is 0 Å². The van der Waals surface area contributed by atoms with Crippen molar-refractivity contribution >= 4 is 33.0 Å². The Hall–Kier alpha value is -1.18. The predicted octanol–water partition coefficient (Wildman–Crippen LogP) is 1.78. The Morgan fingerprint density at radius 3 is 2.40 bits per heavy atom. The number of benzene rings is 1. The Labute approximate surface area is 125 Å². The lowest BCUT2D eigenvalue weighted by atomic mass is 10.3. The molecule has 2 rings (SSSR count). The molecule has 5 nitrogen and oxygen atoms in total. The average Bonchev–Trinajstić information content (AvgIpc) is 2.93. The van der Waals surface area contributed by atoms with Crippen LogP contribution in [0.1, 0.15) is 19.8 Å². The molecule has 0 spiro atoms. The van der Waals surface area contributed by atoms with E-state index in [1.54, 1.807) is 31.2 Å². The lowest BCUT2D eigenvalue weighted by molar-refractivity contribution is 0.528. The van der Waals surface area contributed by atoms with Crippen molar-refractivity contribution in [2.75, 3.05) is 25.0 Å². The molecular weight excluding hydrogens is 294 g/mol. The fraction of sp³-hybridized carbons (Fsp3) is 0.462. The van der Waals surface area contributed by atoms with Gasteiger partial charge in [-0.1, -0.05) is 6.92 Å². The zero-order valence-corrected chi connectivity index (χ0v) is 13.1. The molecule has 0 bridgehead atoms. The summed E-state index contributed by atoms with van der Waals surface area (Å²) in [4.78, 5) is 2.38. The van der Waals surface area contributed by atoms with Crippen molar-refractivity contribution in [3.05, 3.63) is 24.3 Å². The largest absolute Gasteiger partial charge is 0.349 e. The first kappa shape index (κ1) is 15.2. The summed E-state index contributed by atoms with van der Waals surface area (Å²) in [5, 5.41) is 3.84. The Morgan fingerprint density at radius 2 is 1.85 bits per heavy atom. The van der Waals surface area contributed by atoms with Crippen LogP contribution in [0.15, 0.2) is 29.2 Å².